The molecule has 1 aliphatic heterocycles. The Morgan fingerprint density at radius 1 is 1.36 bits per heavy atom. The lowest BCUT2D eigenvalue weighted by Crippen LogP contribution is -2.41. The second-order valence-electron chi connectivity index (χ2n) is 6.39. The summed E-state index contributed by atoms with van der Waals surface area (Å²) in [5, 5.41) is 0.569. The number of thioether (sulfide) groups is 1. The minimum absolute atomic E-state index is 0.0625. The first kappa shape index (κ1) is 20.9. The number of hydrogen-bond donors (Lipinski definition) is 0. The molecule has 10 heteroatoms. The number of aromatic nitrogens is 2. The number of carbonyl (C=O) groups excluding carboxylic acids is 1. The van der Waals surface area contributed by atoms with Crippen molar-refractivity contribution in [3.8, 4) is 5.75 Å². The van der Waals surface area contributed by atoms with Crippen molar-refractivity contribution >= 4 is 39.1 Å². The lowest BCUT2D eigenvalue weighted by atomic mass is 10.1. The van der Waals surface area contributed by atoms with E-state index in [-0.39, 0.29) is 28.8 Å². The van der Waals surface area contributed by atoms with Gasteiger partial charge >= 0.3 is 0 Å². The van der Waals surface area contributed by atoms with E-state index >= 15 is 0 Å². The number of sulfone groups is 1. The molecule has 1 amide bonds. The Balaban J connectivity index is 1.94. The molecule has 0 unspecified atom stereocenters. The van der Waals surface area contributed by atoms with Crippen LogP contribution in [0.4, 0.5) is 0 Å². The van der Waals surface area contributed by atoms with E-state index in [1.54, 1.807) is 30.4 Å². The Morgan fingerprint density at radius 2 is 2.07 bits per heavy atom. The van der Waals surface area contributed by atoms with E-state index in [1.807, 2.05) is 12.1 Å². The minimum atomic E-state index is -3.17. The highest BCUT2D eigenvalue weighted by atomic mass is 35.5. The summed E-state index contributed by atoms with van der Waals surface area (Å²) in [6, 6.07) is 6.86. The van der Waals surface area contributed by atoms with Crippen molar-refractivity contribution < 1.29 is 17.9 Å². The molecule has 0 radical (unpaired) electrons. The molecule has 7 nitrogen and oxygen atoms in total. The van der Waals surface area contributed by atoms with Crippen LogP contribution in [0.1, 0.15) is 22.5 Å². The zero-order valence-electron chi connectivity index (χ0n) is 15.5. The Hall–Kier alpha value is -1.84. The predicted octanol–water partition coefficient (Wildman–Crippen LogP) is 2.69. The molecule has 0 aliphatic carbocycles. The monoisotopic (exact) mass is 441 g/mol. The van der Waals surface area contributed by atoms with Gasteiger partial charge in [-0.3, -0.25) is 4.79 Å². The number of hydrogen-bond acceptors (Lipinski definition) is 7. The van der Waals surface area contributed by atoms with Crippen molar-refractivity contribution in [3.63, 3.8) is 0 Å². The molecule has 3 rings (SSSR count). The molecule has 1 atom stereocenters. The summed E-state index contributed by atoms with van der Waals surface area (Å²) < 4.78 is 29.2. The summed E-state index contributed by atoms with van der Waals surface area (Å²) in [5.41, 5.74) is 0.938. The highest BCUT2D eigenvalue weighted by Gasteiger charge is 2.36. The highest BCUT2D eigenvalue weighted by molar-refractivity contribution is 7.98. The van der Waals surface area contributed by atoms with Crippen LogP contribution in [0.5, 0.6) is 5.75 Å². The normalized spacial score (nSPS) is 18.0. The van der Waals surface area contributed by atoms with Crippen molar-refractivity contribution in [1.29, 1.82) is 0 Å². The maximum absolute atomic E-state index is 13.3. The fraction of sp³-hybridized carbons (Fsp3) is 0.389. The third-order valence-corrected chi connectivity index (χ3v) is 7.12. The molecule has 150 valence electrons. The van der Waals surface area contributed by atoms with Crippen LogP contribution >= 0.6 is 23.4 Å². The van der Waals surface area contributed by atoms with Gasteiger partial charge in [0, 0.05) is 12.6 Å². The summed E-state index contributed by atoms with van der Waals surface area (Å²) in [6.45, 7) is 0.248. The van der Waals surface area contributed by atoms with Crippen LogP contribution in [0.25, 0.3) is 0 Å². The molecular formula is C18H20ClN3O4S2. The number of nitrogens with zero attached hydrogens (tertiary/aromatic N) is 3. The highest BCUT2D eigenvalue weighted by Crippen LogP contribution is 2.25. The summed E-state index contributed by atoms with van der Waals surface area (Å²) in [6.07, 6.45) is 3.59. The topological polar surface area (TPSA) is 89.5 Å². The van der Waals surface area contributed by atoms with Gasteiger partial charge in [0.1, 0.15) is 5.75 Å². The van der Waals surface area contributed by atoms with Crippen LogP contribution in [-0.4, -0.2) is 60.1 Å². The van der Waals surface area contributed by atoms with Gasteiger partial charge in [-0.1, -0.05) is 35.5 Å². The Bertz CT molecular complexity index is 967. The lowest BCUT2D eigenvalue weighted by Gasteiger charge is -2.28. The van der Waals surface area contributed by atoms with E-state index in [2.05, 4.69) is 9.97 Å². The molecule has 0 bridgehead atoms. The van der Waals surface area contributed by atoms with Gasteiger partial charge in [-0.05, 0) is 30.4 Å². The van der Waals surface area contributed by atoms with Gasteiger partial charge in [0.05, 0.1) is 29.8 Å². The summed E-state index contributed by atoms with van der Waals surface area (Å²) >= 11 is 7.48. The molecule has 1 aromatic carbocycles. The average molecular weight is 442 g/mol. The van der Waals surface area contributed by atoms with E-state index in [1.165, 1.54) is 18.0 Å². The number of halogens is 1. The van der Waals surface area contributed by atoms with Crippen LogP contribution in [0.15, 0.2) is 35.6 Å². The average Bonchev–Trinajstić information content (AvgIpc) is 3.06. The predicted molar refractivity (Wildman–Crippen MR) is 109 cm³/mol. The maximum Gasteiger partial charge on any atom is 0.274 e. The van der Waals surface area contributed by atoms with E-state index in [0.29, 0.717) is 17.3 Å². The third kappa shape index (κ3) is 4.76. The van der Waals surface area contributed by atoms with Crippen molar-refractivity contribution in [2.24, 2.45) is 0 Å². The zero-order valence-corrected chi connectivity index (χ0v) is 17.9. The SMILES string of the molecule is COc1ccc(CN(C(=O)c2nc(SC)ncc2Cl)[C@H]2CCS(=O)(=O)C2)cc1. The molecule has 0 N–H and O–H groups in total. The molecular weight excluding hydrogens is 422 g/mol. The van der Waals surface area contributed by atoms with Crippen LogP contribution in [0.3, 0.4) is 0 Å². The first-order valence-electron chi connectivity index (χ1n) is 8.54. The largest absolute Gasteiger partial charge is 0.497 e. The standard InChI is InChI=1S/C18H20ClN3O4S2/c1-26-14-5-3-12(4-6-14)10-22(13-7-8-28(24,25)11-13)17(23)16-15(19)9-20-18(21-16)27-2/h3-6,9,13H,7-8,10-11H2,1-2H3/t13-/m0/s1. The van der Waals surface area contributed by atoms with E-state index in [4.69, 9.17) is 16.3 Å². The summed E-state index contributed by atoms with van der Waals surface area (Å²) in [7, 11) is -1.59. The molecule has 0 saturated carbocycles. The fourth-order valence-electron chi connectivity index (χ4n) is 3.05. The van der Waals surface area contributed by atoms with Crippen LogP contribution < -0.4 is 4.74 Å². The molecule has 2 aromatic rings. The van der Waals surface area contributed by atoms with E-state index < -0.39 is 21.8 Å². The molecule has 0 spiro atoms. The quantitative estimate of drug-likeness (QED) is 0.502. The minimum Gasteiger partial charge on any atom is -0.497 e. The number of methoxy groups -OCH3 is 1. The van der Waals surface area contributed by atoms with Crippen molar-refractivity contribution in [2.75, 3.05) is 24.9 Å². The maximum atomic E-state index is 13.3. The van der Waals surface area contributed by atoms with Gasteiger partial charge in [0.25, 0.3) is 5.91 Å². The summed E-state index contributed by atoms with van der Waals surface area (Å²) in [4.78, 5) is 23.1. The van der Waals surface area contributed by atoms with Crippen LogP contribution in [-0.2, 0) is 16.4 Å². The summed E-state index contributed by atoms with van der Waals surface area (Å²) in [5.74, 6) is 0.305. The second-order valence-corrected chi connectivity index (χ2v) is 9.80. The van der Waals surface area contributed by atoms with E-state index in [0.717, 1.165) is 5.56 Å². The van der Waals surface area contributed by atoms with Gasteiger partial charge in [0.2, 0.25) is 0 Å². The fourth-order valence-corrected chi connectivity index (χ4v) is 5.29. The number of benzene rings is 1. The van der Waals surface area contributed by atoms with Crippen molar-refractivity contribution in [2.45, 2.75) is 24.2 Å². The number of amides is 1. The number of ether oxygens (including phenoxy) is 1. The first-order valence-corrected chi connectivity index (χ1v) is 12.0. The van der Waals surface area contributed by atoms with Gasteiger partial charge in [-0.15, -0.1) is 0 Å². The van der Waals surface area contributed by atoms with Gasteiger partial charge in [0.15, 0.2) is 20.7 Å². The Labute approximate surface area is 173 Å². The van der Waals surface area contributed by atoms with Crippen LogP contribution in [0.2, 0.25) is 5.02 Å². The zero-order chi connectivity index (χ0) is 20.3. The van der Waals surface area contributed by atoms with E-state index in [9.17, 15) is 13.2 Å². The first-order chi connectivity index (χ1) is 13.3. The van der Waals surface area contributed by atoms with Gasteiger partial charge in [-0.2, -0.15) is 0 Å². The van der Waals surface area contributed by atoms with Crippen molar-refractivity contribution in [3.05, 3.63) is 46.7 Å². The lowest BCUT2D eigenvalue weighted by molar-refractivity contribution is 0.0674. The molecule has 2 heterocycles. The van der Waals surface area contributed by atoms with Gasteiger partial charge < -0.3 is 9.64 Å². The van der Waals surface area contributed by atoms with Crippen molar-refractivity contribution in [1.82, 2.24) is 14.9 Å². The Kier molecular flexibility index (Phi) is 6.47. The molecule has 28 heavy (non-hydrogen) atoms. The van der Waals surface area contributed by atoms with Gasteiger partial charge in [-0.25, -0.2) is 18.4 Å². The number of carbonyl (C=O) groups is 1. The second kappa shape index (κ2) is 8.67. The molecule has 1 aliphatic rings. The van der Waals surface area contributed by atoms with Crippen LogP contribution in [0, 0.1) is 0 Å². The molecule has 1 saturated heterocycles. The molecule has 1 aromatic heterocycles. The smallest absolute Gasteiger partial charge is 0.274 e. The molecule has 1 fully saturated rings. The Morgan fingerprint density at radius 3 is 2.64 bits per heavy atom. The number of rotatable bonds is 6. The third-order valence-electron chi connectivity index (χ3n) is 4.53.